The summed E-state index contributed by atoms with van der Waals surface area (Å²) < 4.78 is 0. The molecule has 5 aromatic rings. The van der Waals surface area contributed by atoms with Gasteiger partial charge in [0.15, 0.2) is 0 Å². The number of fused-ring (bicyclic) bond motifs is 2. The maximum absolute atomic E-state index is 12.4. The Labute approximate surface area is 190 Å². The van der Waals surface area contributed by atoms with Gasteiger partial charge in [0, 0.05) is 45.8 Å². The van der Waals surface area contributed by atoms with Gasteiger partial charge in [-0.05, 0) is 60.9 Å². The fourth-order valence-corrected chi connectivity index (χ4v) is 4.16. The minimum atomic E-state index is -0.0144. The van der Waals surface area contributed by atoms with E-state index in [1.807, 2.05) is 42.5 Å². The van der Waals surface area contributed by atoms with Crippen LogP contribution in [0, 0.1) is 0 Å². The molecule has 158 valence electrons. The number of pyridine rings is 2. The Kier molecular flexibility index (Phi) is 5.57. The maximum Gasteiger partial charge on any atom is 0.224 e. The molecule has 0 saturated carbocycles. The Morgan fingerprint density at radius 2 is 1.84 bits per heavy atom. The van der Waals surface area contributed by atoms with Crippen molar-refractivity contribution >= 4 is 45.0 Å². The first-order valence-corrected chi connectivity index (χ1v) is 10.9. The lowest BCUT2D eigenvalue weighted by atomic mass is 10.0. The van der Waals surface area contributed by atoms with Crippen molar-refractivity contribution in [3.63, 3.8) is 0 Å². The third-order valence-corrected chi connectivity index (χ3v) is 5.75. The van der Waals surface area contributed by atoms with E-state index in [1.54, 1.807) is 24.5 Å². The van der Waals surface area contributed by atoms with Crippen LogP contribution in [-0.2, 0) is 11.2 Å². The van der Waals surface area contributed by atoms with E-state index in [2.05, 4.69) is 27.4 Å². The third kappa shape index (κ3) is 4.20. The molecule has 0 unspecified atom stereocenters. The predicted molar refractivity (Wildman–Crippen MR) is 130 cm³/mol. The normalized spacial score (nSPS) is 11.2. The van der Waals surface area contributed by atoms with Crippen molar-refractivity contribution in [1.82, 2.24) is 15.0 Å². The SMILES string of the molecule is O=C(CCCc1c(-c2ccc3ccccc3n2)[nH]c2ccc(Cl)cc12)Nc1ccncc1. The number of para-hydroxylation sites is 1. The monoisotopic (exact) mass is 440 g/mol. The molecule has 0 aliphatic carbocycles. The number of rotatable bonds is 6. The van der Waals surface area contributed by atoms with Crippen molar-refractivity contribution in [2.75, 3.05) is 5.32 Å². The highest BCUT2D eigenvalue weighted by molar-refractivity contribution is 6.31. The average Bonchev–Trinajstić information content (AvgIpc) is 3.17. The first kappa shape index (κ1) is 20.2. The highest BCUT2D eigenvalue weighted by Gasteiger charge is 2.16. The minimum absolute atomic E-state index is 0.0144. The summed E-state index contributed by atoms with van der Waals surface area (Å²) in [6.07, 6.45) is 5.17. The summed E-state index contributed by atoms with van der Waals surface area (Å²) in [5, 5.41) is 5.77. The molecule has 0 atom stereocenters. The Morgan fingerprint density at radius 3 is 2.72 bits per heavy atom. The number of carbonyl (C=O) groups excluding carboxylic acids is 1. The third-order valence-electron chi connectivity index (χ3n) is 5.52. The summed E-state index contributed by atoms with van der Waals surface area (Å²) in [5.41, 5.74) is 5.70. The first-order chi connectivity index (χ1) is 15.7. The molecule has 6 heteroatoms. The molecule has 3 heterocycles. The fourth-order valence-electron chi connectivity index (χ4n) is 3.99. The van der Waals surface area contributed by atoms with E-state index in [1.165, 1.54) is 0 Å². The highest BCUT2D eigenvalue weighted by atomic mass is 35.5. The number of aromatic nitrogens is 3. The Balaban J connectivity index is 1.43. The summed E-state index contributed by atoms with van der Waals surface area (Å²) >= 11 is 6.30. The molecule has 0 bridgehead atoms. The topological polar surface area (TPSA) is 70.7 Å². The van der Waals surface area contributed by atoms with Gasteiger partial charge in [-0.15, -0.1) is 0 Å². The number of amides is 1. The van der Waals surface area contributed by atoms with Gasteiger partial charge in [-0.25, -0.2) is 4.98 Å². The van der Waals surface area contributed by atoms with Gasteiger partial charge >= 0.3 is 0 Å². The number of hydrogen-bond donors (Lipinski definition) is 2. The smallest absolute Gasteiger partial charge is 0.224 e. The molecule has 1 amide bonds. The minimum Gasteiger partial charge on any atom is -0.353 e. The van der Waals surface area contributed by atoms with Crippen molar-refractivity contribution in [2.45, 2.75) is 19.3 Å². The van der Waals surface area contributed by atoms with Crippen LogP contribution in [0.15, 0.2) is 79.1 Å². The number of nitrogens with one attached hydrogen (secondary N) is 2. The molecular weight excluding hydrogens is 420 g/mol. The second-order valence-electron chi connectivity index (χ2n) is 7.70. The van der Waals surface area contributed by atoms with E-state index in [0.29, 0.717) is 17.9 Å². The molecule has 0 spiro atoms. The lowest BCUT2D eigenvalue weighted by Crippen LogP contribution is -2.11. The number of nitrogens with zero attached hydrogens (tertiary/aromatic N) is 2. The number of benzene rings is 2. The second-order valence-corrected chi connectivity index (χ2v) is 8.13. The van der Waals surface area contributed by atoms with E-state index in [9.17, 15) is 4.79 Å². The summed E-state index contributed by atoms with van der Waals surface area (Å²) in [7, 11) is 0. The summed E-state index contributed by atoms with van der Waals surface area (Å²) in [6, 6.07) is 21.6. The van der Waals surface area contributed by atoms with Crippen molar-refractivity contribution in [3.05, 3.63) is 89.7 Å². The zero-order valence-corrected chi connectivity index (χ0v) is 18.1. The molecule has 5 nitrogen and oxygen atoms in total. The highest BCUT2D eigenvalue weighted by Crippen LogP contribution is 2.33. The van der Waals surface area contributed by atoms with Gasteiger partial charge in [-0.1, -0.05) is 35.9 Å². The molecule has 0 aliphatic rings. The van der Waals surface area contributed by atoms with Gasteiger partial charge in [0.05, 0.1) is 16.9 Å². The van der Waals surface area contributed by atoms with Crippen LogP contribution in [0.3, 0.4) is 0 Å². The quantitative estimate of drug-likeness (QED) is 0.321. The lowest BCUT2D eigenvalue weighted by molar-refractivity contribution is -0.116. The molecule has 2 N–H and O–H groups in total. The lowest BCUT2D eigenvalue weighted by Gasteiger charge is -2.07. The van der Waals surface area contributed by atoms with Gasteiger partial charge in [-0.2, -0.15) is 0 Å². The van der Waals surface area contributed by atoms with E-state index in [4.69, 9.17) is 16.6 Å². The average molecular weight is 441 g/mol. The summed E-state index contributed by atoms with van der Waals surface area (Å²) in [6.45, 7) is 0. The molecule has 0 aliphatic heterocycles. The van der Waals surface area contributed by atoms with Crippen molar-refractivity contribution in [1.29, 1.82) is 0 Å². The number of anilines is 1. The van der Waals surface area contributed by atoms with E-state index in [-0.39, 0.29) is 5.91 Å². The second kappa shape index (κ2) is 8.81. The predicted octanol–water partition coefficient (Wildman–Crippen LogP) is 6.39. The largest absolute Gasteiger partial charge is 0.353 e. The van der Waals surface area contributed by atoms with Gasteiger partial charge < -0.3 is 10.3 Å². The molecule has 0 fully saturated rings. The van der Waals surface area contributed by atoms with Crippen molar-refractivity contribution in [3.8, 4) is 11.4 Å². The Morgan fingerprint density at radius 1 is 1.00 bits per heavy atom. The van der Waals surface area contributed by atoms with Crippen LogP contribution in [0.25, 0.3) is 33.2 Å². The molecule has 3 aromatic heterocycles. The molecule has 0 saturated heterocycles. The van der Waals surface area contributed by atoms with Crippen LogP contribution in [0.2, 0.25) is 5.02 Å². The Hall–Kier alpha value is -3.70. The van der Waals surface area contributed by atoms with E-state index in [0.717, 1.165) is 50.9 Å². The van der Waals surface area contributed by atoms with E-state index < -0.39 is 0 Å². The number of aryl methyl sites for hydroxylation is 1. The van der Waals surface area contributed by atoms with Crippen LogP contribution >= 0.6 is 11.6 Å². The number of carbonyl (C=O) groups is 1. The maximum atomic E-state index is 12.4. The van der Waals surface area contributed by atoms with Gasteiger partial charge in [0.2, 0.25) is 5.91 Å². The summed E-state index contributed by atoms with van der Waals surface area (Å²) in [5.74, 6) is -0.0144. The zero-order chi connectivity index (χ0) is 21.9. The van der Waals surface area contributed by atoms with Crippen LogP contribution in [0.5, 0.6) is 0 Å². The van der Waals surface area contributed by atoms with Gasteiger partial charge in [0.25, 0.3) is 0 Å². The van der Waals surface area contributed by atoms with Crippen LogP contribution in [-0.4, -0.2) is 20.9 Å². The first-order valence-electron chi connectivity index (χ1n) is 10.5. The Bertz CT molecular complexity index is 1410. The zero-order valence-electron chi connectivity index (χ0n) is 17.3. The van der Waals surface area contributed by atoms with Gasteiger partial charge in [-0.3, -0.25) is 9.78 Å². The molecular formula is C26H21ClN4O. The standard InChI is InChI=1S/C26H21ClN4O/c27-18-9-11-23-21(16-18)20(5-3-7-25(32)29-19-12-14-28-15-13-19)26(31-23)24-10-8-17-4-1-2-6-22(17)30-24/h1-2,4,6,8-16,31H,3,5,7H2,(H,28,29,32). The van der Waals surface area contributed by atoms with Crippen LogP contribution < -0.4 is 5.32 Å². The van der Waals surface area contributed by atoms with Crippen molar-refractivity contribution in [2.24, 2.45) is 0 Å². The fraction of sp³-hybridized carbons (Fsp3) is 0.115. The van der Waals surface area contributed by atoms with E-state index >= 15 is 0 Å². The number of aromatic amines is 1. The molecule has 32 heavy (non-hydrogen) atoms. The molecule has 5 rings (SSSR count). The van der Waals surface area contributed by atoms with Gasteiger partial charge in [0.1, 0.15) is 0 Å². The molecule has 0 radical (unpaired) electrons. The van der Waals surface area contributed by atoms with Crippen molar-refractivity contribution < 1.29 is 4.79 Å². The summed E-state index contributed by atoms with van der Waals surface area (Å²) in [4.78, 5) is 24.8. The number of H-pyrrole nitrogens is 1. The number of hydrogen-bond acceptors (Lipinski definition) is 3. The van der Waals surface area contributed by atoms with Crippen LogP contribution in [0.1, 0.15) is 18.4 Å². The molecule has 2 aromatic carbocycles. The van der Waals surface area contributed by atoms with Crippen LogP contribution in [0.4, 0.5) is 5.69 Å². The number of halogens is 1.